The van der Waals surface area contributed by atoms with Crippen molar-refractivity contribution in [2.45, 2.75) is 36.7 Å². The number of nitrogens with one attached hydrogen (secondary N) is 2. The molecule has 2 unspecified atom stereocenters. The van der Waals surface area contributed by atoms with E-state index in [0.29, 0.717) is 24.2 Å². The Kier molecular flexibility index (Phi) is 7.26. The number of amides is 4. The fourth-order valence-corrected chi connectivity index (χ4v) is 7.81. The van der Waals surface area contributed by atoms with Crippen molar-refractivity contribution < 1.29 is 32.0 Å². The number of ether oxygens (including phenoxy) is 1. The van der Waals surface area contributed by atoms with Gasteiger partial charge < -0.3 is 19.4 Å². The summed E-state index contributed by atoms with van der Waals surface area (Å²) in [5, 5.41) is 11.5. The Morgan fingerprint density at radius 3 is 2.70 bits per heavy atom. The van der Waals surface area contributed by atoms with Crippen molar-refractivity contribution in [3.63, 3.8) is 0 Å². The van der Waals surface area contributed by atoms with Crippen LogP contribution < -0.4 is 10.6 Å². The van der Waals surface area contributed by atoms with E-state index in [0.717, 1.165) is 28.5 Å². The molecule has 13 nitrogen and oxygen atoms in total. The molecule has 0 bridgehead atoms. The summed E-state index contributed by atoms with van der Waals surface area (Å²) >= 11 is 1.18. The van der Waals surface area contributed by atoms with Gasteiger partial charge in [0.2, 0.25) is 11.8 Å². The highest BCUT2D eigenvalue weighted by Gasteiger charge is 2.44. The van der Waals surface area contributed by atoms with Crippen molar-refractivity contribution in [3.05, 3.63) is 64.8 Å². The number of nitrogens with zero attached hydrogens (tertiary/aromatic N) is 4. The van der Waals surface area contributed by atoms with E-state index in [2.05, 4.69) is 25.8 Å². The molecule has 43 heavy (non-hydrogen) atoms. The molecule has 4 heterocycles. The fraction of sp³-hybridized carbons (Fsp3) is 0.357. The van der Waals surface area contributed by atoms with Gasteiger partial charge in [-0.1, -0.05) is 18.2 Å². The number of imide groups is 1. The third-order valence-electron chi connectivity index (χ3n) is 7.60. The Labute approximate surface area is 250 Å². The average molecular weight is 625 g/mol. The van der Waals surface area contributed by atoms with Crippen LogP contribution in [0.1, 0.15) is 45.7 Å². The molecule has 15 heteroatoms. The van der Waals surface area contributed by atoms with Gasteiger partial charge in [0.05, 0.1) is 22.7 Å². The van der Waals surface area contributed by atoms with Crippen LogP contribution in [0, 0.1) is 0 Å². The summed E-state index contributed by atoms with van der Waals surface area (Å²) in [5.41, 5.74) is 1.53. The van der Waals surface area contributed by atoms with Crippen LogP contribution >= 0.6 is 11.3 Å². The zero-order valence-electron chi connectivity index (χ0n) is 23.5. The maximum absolute atomic E-state index is 13.1. The van der Waals surface area contributed by atoms with Crippen LogP contribution in [0.25, 0.3) is 21.3 Å². The molecule has 2 aromatic carbocycles. The summed E-state index contributed by atoms with van der Waals surface area (Å²) in [7, 11) is -2.16. The SMILES string of the molecule is CO[C@@H]1CCN(C(=O)c2cccc(-c3ccc4nc(C(c5nnc(CC6(C)NC(=O)NC6=O)o5)S(C)(=O)=O)sc4c3)c2)C1. The van der Waals surface area contributed by atoms with Gasteiger partial charge in [-0.3, -0.25) is 14.9 Å². The number of hydrogen-bond acceptors (Lipinski definition) is 11. The van der Waals surface area contributed by atoms with Crippen LogP contribution in [0.2, 0.25) is 0 Å². The van der Waals surface area contributed by atoms with Crippen LogP contribution in [-0.4, -0.2) is 84.4 Å². The molecule has 4 amide bonds. The van der Waals surface area contributed by atoms with Crippen LogP contribution in [0.5, 0.6) is 0 Å². The topological polar surface area (TPSA) is 174 Å². The van der Waals surface area contributed by atoms with Crippen molar-refractivity contribution in [2.75, 3.05) is 26.5 Å². The maximum Gasteiger partial charge on any atom is 0.322 e. The number of urea groups is 1. The first-order valence-corrected chi connectivity index (χ1v) is 16.2. The fourth-order valence-electron chi connectivity index (χ4n) is 5.28. The first kappa shape index (κ1) is 28.9. The zero-order chi connectivity index (χ0) is 30.5. The number of fused-ring (bicyclic) bond motifs is 1. The van der Waals surface area contributed by atoms with Crippen LogP contribution in [-0.2, 0) is 25.8 Å². The van der Waals surface area contributed by atoms with E-state index in [9.17, 15) is 22.8 Å². The van der Waals surface area contributed by atoms with Crippen molar-refractivity contribution >= 4 is 49.2 Å². The monoisotopic (exact) mass is 624 g/mol. The molecule has 0 spiro atoms. The second-order valence-electron chi connectivity index (χ2n) is 10.9. The second-order valence-corrected chi connectivity index (χ2v) is 14.1. The number of carbonyl (C=O) groups excluding carboxylic acids is 3. The van der Waals surface area contributed by atoms with Crippen molar-refractivity contribution in [2.24, 2.45) is 0 Å². The largest absolute Gasteiger partial charge is 0.423 e. The molecule has 224 valence electrons. The molecule has 2 fully saturated rings. The minimum Gasteiger partial charge on any atom is -0.423 e. The Morgan fingerprint density at radius 1 is 1.21 bits per heavy atom. The molecule has 6 rings (SSSR count). The predicted molar refractivity (Wildman–Crippen MR) is 156 cm³/mol. The molecule has 3 atom stereocenters. The average Bonchev–Trinajstić information content (AvgIpc) is 3.74. The number of methoxy groups -OCH3 is 1. The lowest BCUT2D eigenvalue weighted by Crippen LogP contribution is -2.45. The summed E-state index contributed by atoms with van der Waals surface area (Å²) in [4.78, 5) is 43.2. The molecule has 2 aliphatic rings. The highest BCUT2D eigenvalue weighted by molar-refractivity contribution is 7.91. The smallest absolute Gasteiger partial charge is 0.322 e. The third-order valence-corrected chi connectivity index (χ3v) is 10.1. The number of sulfone groups is 1. The molecule has 2 aromatic heterocycles. The minimum absolute atomic E-state index is 0.00648. The van der Waals surface area contributed by atoms with Gasteiger partial charge in [0.25, 0.3) is 11.8 Å². The van der Waals surface area contributed by atoms with Crippen LogP contribution in [0.4, 0.5) is 4.79 Å². The quantitative estimate of drug-likeness (QED) is 0.277. The van der Waals surface area contributed by atoms with Crippen molar-refractivity contribution in [3.8, 4) is 11.1 Å². The summed E-state index contributed by atoms with van der Waals surface area (Å²) < 4.78 is 37.7. The minimum atomic E-state index is -3.81. The van der Waals surface area contributed by atoms with E-state index in [1.54, 1.807) is 24.1 Å². The first-order valence-electron chi connectivity index (χ1n) is 13.4. The summed E-state index contributed by atoms with van der Waals surface area (Å²) in [6, 6.07) is 12.3. The molecular formula is C28H28N6O7S2. The Balaban J connectivity index is 1.27. The van der Waals surface area contributed by atoms with E-state index in [4.69, 9.17) is 9.15 Å². The van der Waals surface area contributed by atoms with Gasteiger partial charge in [0.1, 0.15) is 10.5 Å². The van der Waals surface area contributed by atoms with E-state index in [-0.39, 0.29) is 35.2 Å². The molecular weight excluding hydrogens is 596 g/mol. The molecule has 4 aromatic rings. The normalized spacial score (nSPS) is 21.3. The number of thiazole rings is 1. The van der Waals surface area contributed by atoms with E-state index >= 15 is 0 Å². The van der Waals surface area contributed by atoms with Crippen LogP contribution in [0.3, 0.4) is 0 Å². The van der Waals surface area contributed by atoms with Gasteiger partial charge in [-0.2, -0.15) is 0 Å². The lowest BCUT2D eigenvalue weighted by Gasteiger charge is -2.17. The molecule has 0 aliphatic carbocycles. The number of carbonyl (C=O) groups is 3. The summed E-state index contributed by atoms with van der Waals surface area (Å²) in [6.45, 7) is 2.71. The van der Waals surface area contributed by atoms with Gasteiger partial charge in [-0.15, -0.1) is 21.5 Å². The number of hydrogen-bond donors (Lipinski definition) is 2. The molecule has 2 N–H and O–H groups in total. The number of rotatable bonds is 8. The number of likely N-dealkylation sites (tertiary alicyclic amines) is 1. The van der Waals surface area contributed by atoms with E-state index < -0.39 is 32.6 Å². The standard InChI is InChI=1S/C28H28N6O7S2/c1-28(26(36)30-27(37)31-28)13-21-32-33-23(41-21)22(43(3,38)39)24-29-19-8-7-16(12-20(19)42-24)15-5-4-6-17(11-15)25(35)34-10-9-18(14-34)40-2/h4-8,11-12,18,22H,9-10,13-14H2,1-3H3,(H2,30,31,36,37)/t18-,22?,28?/m1/s1. The highest BCUT2D eigenvalue weighted by Crippen LogP contribution is 2.37. The van der Waals surface area contributed by atoms with Gasteiger partial charge in [0, 0.05) is 32.0 Å². The van der Waals surface area contributed by atoms with Gasteiger partial charge in [-0.25, -0.2) is 18.2 Å². The molecule has 0 radical (unpaired) electrons. The summed E-state index contributed by atoms with van der Waals surface area (Å²) in [5.74, 6) is -0.797. The number of aromatic nitrogens is 3. The Morgan fingerprint density at radius 2 is 2.00 bits per heavy atom. The maximum atomic E-state index is 13.1. The molecule has 2 saturated heterocycles. The molecule has 2 aliphatic heterocycles. The Bertz CT molecular complexity index is 1870. The highest BCUT2D eigenvalue weighted by atomic mass is 32.2. The lowest BCUT2D eigenvalue weighted by molar-refractivity contribution is -0.123. The second kappa shape index (κ2) is 10.8. The lowest BCUT2D eigenvalue weighted by atomic mass is 9.98. The third kappa shape index (κ3) is 5.62. The van der Waals surface area contributed by atoms with Crippen molar-refractivity contribution in [1.82, 2.24) is 30.7 Å². The van der Waals surface area contributed by atoms with Gasteiger partial charge >= 0.3 is 6.03 Å². The summed E-state index contributed by atoms with van der Waals surface area (Å²) in [6.07, 6.45) is 1.79. The zero-order valence-corrected chi connectivity index (χ0v) is 25.1. The van der Waals surface area contributed by atoms with Crippen LogP contribution in [0.15, 0.2) is 46.9 Å². The van der Waals surface area contributed by atoms with E-state index in [1.165, 1.54) is 18.3 Å². The van der Waals surface area contributed by atoms with Crippen molar-refractivity contribution in [1.29, 1.82) is 0 Å². The van der Waals surface area contributed by atoms with E-state index in [1.807, 2.05) is 30.3 Å². The first-order chi connectivity index (χ1) is 20.4. The predicted octanol–water partition coefficient (Wildman–Crippen LogP) is 2.48. The van der Waals surface area contributed by atoms with Gasteiger partial charge in [0.15, 0.2) is 15.1 Å². The number of benzene rings is 2. The Hall–Kier alpha value is -4.21. The van der Waals surface area contributed by atoms with Gasteiger partial charge in [-0.05, 0) is 48.7 Å². The molecule has 0 saturated carbocycles.